The first-order chi connectivity index (χ1) is 13.6. The number of rotatable bonds is 7. The molecule has 1 saturated carbocycles. The molecule has 3 heterocycles. The molecule has 7 heteroatoms. The molecule has 1 aromatic rings. The predicted octanol–water partition coefficient (Wildman–Crippen LogP) is 0.681. The average Bonchev–Trinajstić information content (AvgIpc) is 3.45. The van der Waals surface area contributed by atoms with Crippen molar-refractivity contribution in [2.75, 3.05) is 26.2 Å². The van der Waals surface area contributed by atoms with Gasteiger partial charge in [-0.25, -0.2) is 0 Å². The first kappa shape index (κ1) is 19.2. The molecule has 0 spiro atoms. The highest BCUT2D eigenvalue weighted by Gasteiger charge is 2.47. The zero-order valence-electron chi connectivity index (χ0n) is 16.3. The van der Waals surface area contributed by atoms with Gasteiger partial charge in [-0.05, 0) is 25.0 Å². The summed E-state index contributed by atoms with van der Waals surface area (Å²) in [5.74, 6) is 0.338. The molecule has 4 rings (SSSR count). The molecular weight excluding hydrogens is 358 g/mol. The lowest BCUT2D eigenvalue weighted by Crippen LogP contribution is -3.11. The molecule has 2 N–H and O–H groups in total. The monoisotopic (exact) mass is 388 g/mol. The van der Waals surface area contributed by atoms with E-state index in [0.717, 1.165) is 44.5 Å². The van der Waals surface area contributed by atoms with E-state index in [4.69, 9.17) is 4.42 Å². The average molecular weight is 388 g/mol. The van der Waals surface area contributed by atoms with Crippen molar-refractivity contribution in [2.45, 2.75) is 51.0 Å². The van der Waals surface area contributed by atoms with Gasteiger partial charge in [0.05, 0.1) is 37.7 Å². The van der Waals surface area contributed by atoms with E-state index in [2.05, 4.69) is 5.32 Å². The Morgan fingerprint density at radius 2 is 1.82 bits per heavy atom. The Kier molecular flexibility index (Phi) is 5.80. The maximum Gasteiger partial charge on any atom is 0.233 e. The number of amides is 3. The third kappa shape index (κ3) is 3.85. The molecule has 1 aromatic heterocycles. The minimum atomic E-state index is -0.147. The molecule has 152 valence electrons. The summed E-state index contributed by atoms with van der Waals surface area (Å²) in [6, 6.07) is 3.95. The first-order valence-electron chi connectivity index (χ1n) is 10.6. The molecule has 3 fully saturated rings. The van der Waals surface area contributed by atoms with E-state index in [0.29, 0.717) is 6.54 Å². The van der Waals surface area contributed by atoms with E-state index in [1.807, 2.05) is 12.1 Å². The number of hydrogen-bond acceptors (Lipinski definition) is 4. The van der Waals surface area contributed by atoms with Crippen LogP contribution in [-0.2, 0) is 14.4 Å². The Hall–Kier alpha value is -2.15. The number of quaternary nitrogens is 1. The summed E-state index contributed by atoms with van der Waals surface area (Å²) in [5, 5.41) is 3.00. The number of carbonyl (C=O) groups is 3. The second-order valence-electron chi connectivity index (χ2n) is 8.31. The fourth-order valence-corrected chi connectivity index (χ4v) is 5.08. The van der Waals surface area contributed by atoms with Crippen LogP contribution in [0.2, 0.25) is 0 Å². The van der Waals surface area contributed by atoms with Gasteiger partial charge in [0.2, 0.25) is 17.7 Å². The third-order valence-corrected chi connectivity index (χ3v) is 6.62. The van der Waals surface area contributed by atoms with Crippen molar-refractivity contribution < 1.29 is 23.7 Å². The standard InChI is InChI=1S/C21H29N3O4/c25-19(9-12-24-20(26)15-6-1-2-7-16(15)21(24)27)22-14-17(18-8-5-13-28-18)23-10-3-4-11-23/h5,8,13,15-17H,1-4,6-7,9-12,14H2,(H,22,25)/p+1/t15-,16-,17-/m0/s1. The van der Waals surface area contributed by atoms with Crippen molar-refractivity contribution in [1.29, 1.82) is 0 Å². The molecule has 1 aliphatic carbocycles. The second-order valence-corrected chi connectivity index (χ2v) is 8.31. The Balaban J connectivity index is 1.29. The van der Waals surface area contributed by atoms with Crippen LogP contribution in [-0.4, -0.2) is 48.8 Å². The Morgan fingerprint density at radius 3 is 2.43 bits per heavy atom. The van der Waals surface area contributed by atoms with Crippen LogP contribution in [0.3, 0.4) is 0 Å². The fraction of sp³-hybridized carbons (Fsp3) is 0.667. The van der Waals surface area contributed by atoms with Crippen molar-refractivity contribution in [3.8, 4) is 0 Å². The first-order valence-corrected chi connectivity index (χ1v) is 10.6. The number of carbonyl (C=O) groups excluding carboxylic acids is 3. The van der Waals surface area contributed by atoms with Crippen molar-refractivity contribution in [1.82, 2.24) is 10.2 Å². The summed E-state index contributed by atoms with van der Waals surface area (Å²) in [4.78, 5) is 40.2. The van der Waals surface area contributed by atoms with Gasteiger partial charge in [-0.2, -0.15) is 0 Å². The van der Waals surface area contributed by atoms with Crippen LogP contribution in [0.5, 0.6) is 0 Å². The molecule has 7 nitrogen and oxygen atoms in total. The van der Waals surface area contributed by atoms with Crippen LogP contribution >= 0.6 is 0 Å². The van der Waals surface area contributed by atoms with Gasteiger partial charge in [-0.3, -0.25) is 19.3 Å². The molecule has 3 amide bonds. The van der Waals surface area contributed by atoms with E-state index < -0.39 is 0 Å². The summed E-state index contributed by atoms with van der Waals surface area (Å²) < 4.78 is 5.59. The van der Waals surface area contributed by atoms with Gasteiger partial charge in [-0.1, -0.05) is 12.8 Å². The maximum absolute atomic E-state index is 12.5. The molecule has 0 bridgehead atoms. The number of fused-ring (bicyclic) bond motifs is 1. The second kappa shape index (κ2) is 8.47. The Labute approximate surface area is 165 Å². The summed E-state index contributed by atoms with van der Waals surface area (Å²) in [7, 11) is 0. The summed E-state index contributed by atoms with van der Waals surface area (Å²) in [5.41, 5.74) is 0. The van der Waals surface area contributed by atoms with Gasteiger partial charge in [-0.15, -0.1) is 0 Å². The Morgan fingerprint density at radius 1 is 1.14 bits per heavy atom. The normalized spacial score (nSPS) is 26.5. The van der Waals surface area contributed by atoms with Crippen LogP contribution < -0.4 is 10.2 Å². The van der Waals surface area contributed by atoms with Gasteiger partial charge in [0.15, 0.2) is 11.8 Å². The van der Waals surface area contributed by atoms with Gasteiger partial charge < -0.3 is 14.6 Å². The molecule has 3 atom stereocenters. The lowest BCUT2D eigenvalue weighted by molar-refractivity contribution is -0.919. The van der Waals surface area contributed by atoms with E-state index in [1.54, 1.807) is 6.26 Å². The zero-order valence-corrected chi connectivity index (χ0v) is 16.3. The van der Waals surface area contributed by atoms with Gasteiger partial charge in [0, 0.05) is 25.8 Å². The molecule has 0 radical (unpaired) electrons. The summed E-state index contributed by atoms with van der Waals surface area (Å²) in [6.07, 6.45) is 7.87. The molecule has 0 aromatic carbocycles. The van der Waals surface area contributed by atoms with Gasteiger partial charge in [0.25, 0.3) is 0 Å². The van der Waals surface area contributed by atoms with E-state index in [1.165, 1.54) is 22.6 Å². The number of furan rings is 1. The lowest BCUT2D eigenvalue weighted by Gasteiger charge is -2.23. The van der Waals surface area contributed by atoms with E-state index in [-0.39, 0.29) is 48.6 Å². The van der Waals surface area contributed by atoms with Crippen molar-refractivity contribution in [3.05, 3.63) is 24.2 Å². The highest BCUT2D eigenvalue weighted by molar-refractivity contribution is 6.05. The molecule has 0 unspecified atom stereocenters. The van der Waals surface area contributed by atoms with Crippen LogP contribution in [0.4, 0.5) is 0 Å². The molecule has 2 saturated heterocycles. The zero-order chi connectivity index (χ0) is 19.5. The molecular formula is C21H30N3O4+. The van der Waals surface area contributed by atoms with E-state index >= 15 is 0 Å². The topological polar surface area (TPSA) is 84.1 Å². The fourth-order valence-electron chi connectivity index (χ4n) is 5.08. The number of hydrogen-bond donors (Lipinski definition) is 2. The third-order valence-electron chi connectivity index (χ3n) is 6.62. The number of nitrogens with zero attached hydrogens (tertiary/aromatic N) is 1. The highest BCUT2D eigenvalue weighted by atomic mass is 16.3. The van der Waals surface area contributed by atoms with Crippen molar-refractivity contribution >= 4 is 17.7 Å². The summed E-state index contributed by atoms with van der Waals surface area (Å²) in [6.45, 7) is 2.87. The predicted molar refractivity (Wildman–Crippen MR) is 101 cm³/mol. The van der Waals surface area contributed by atoms with Crippen LogP contribution in [0.25, 0.3) is 0 Å². The lowest BCUT2D eigenvalue weighted by atomic mass is 9.81. The maximum atomic E-state index is 12.5. The minimum Gasteiger partial charge on any atom is -0.463 e. The highest BCUT2D eigenvalue weighted by Crippen LogP contribution is 2.37. The quantitative estimate of drug-likeness (QED) is 0.673. The molecule has 28 heavy (non-hydrogen) atoms. The smallest absolute Gasteiger partial charge is 0.233 e. The Bertz CT molecular complexity index is 687. The minimum absolute atomic E-state index is 0.0718. The van der Waals surface area contributed by atoms with Crippen LogP contribution in [0.1, 0.15) is 56.7 Å². The van der Waals surface area contributed by atoms with E-state index in [9.17, 15) is 14.4 Å². The molecule has 2 aliphatic heterocycles. The van der Waals surface area contributed by atoms with Crippen molar-refractivity contribution in [2.24, 2.45) is 11.8 Å². The molecule has 3 aliphatic rings. The van der Waals surface area contributed by atoms with Crippen molar-refractivity contribution in [3.63, 3.8) is 0 Å². The van der Waals surface area contributed by atoms with Crippen LogP contribution in [0, 0.1) is 11.8 Å². The number of likely N-dealkylation sites (tertiary alicyclic amines) is 2. The summed E-state index contributed by atoms with van der Waals surface area (Å²) >= 11 is 0. The largest absolute Gasteiger partial charge is 0.463 e. The van der Waals surface area contributed by atoms with Gasteiger partial charge in [0.1, 0.15) is 0 Å². The SMILES string of the molecule is O=C(CCN1C(=O)[C@H]2CCCC[C@@H]2C1=O)NC[C@@H](c1ccco1)[NH+]1CCCC1. The van der Waals surface area contributed by atoms with Gasteiger partial charge >= 0.3 is 0 Å². The number of nitrogens with one attached hydrogen (secondary N) is 2. The number of imide groups is 1. The van der Waals surface area contributed by atoms with Crippen LogP contribution in [0.15, 0.2) is 22.8 Å².